The van der Waals surface area contributed by atoms with Gasteiger partial charge in [0.1, 0.15) is 17.6 Å². The molecule has 2 heterocycles. The second-order valence-corrected chi connectivity index (χ2v) is 13.8. The summed E-state index contributed by atoms with van der Waals surface area (Å²) in [6, 6.07) is 6.40. The molecule has 2 aliphatic heterocycles. The number of nitrogens with zero attached hydrogens (tertiary/aromatic N) is 1. The fourth-order valence-corrected chi connectivity index (χ4v) is 7.45. The number of aliphatic hydroxyl groups is 1. The van der Waals surface area contributed by atoms with Crippen molar-refractivity contribution >= 4 is 17.6 Å². The maximum atomic E-state index is 12.1. The van der Waals surface area contributed by atoms with Gasteiger partial charge in [-0.1, -0.05) is 45.1 Å². The van der Waals surface area contributed by atoms with Gasteiger partial charge in [-0.3, -0.25) is 0 Å². The Morgan fingerprint density at radius 1 is 1.19 bits per heavy atom. The van der Waals surface area contributed by atoms with Crippen molar-refractivity contribution in [2.45, 2.75) is 95.8 Å². The summed E-state index contributed by atoms with van der Waals surface area (Å²) in [5.74, 6) is 0.0327. The third-order valence-corrected chi connectivity index (χ3v) is 9.81. The highest BCUT2D eigenvalue weighted by molar-refractivity contribution is 6.23. The van der Waals surface area contributed by atoms with Crippen LogP contribution in [0, 0.1) is 11.3 Å². The van der Waals surface area contributed by atoms with Crippen molar-refractivity contribution in [1.29, 1.82) is 0 Å². The zero-order chi connectivity index (χ0) is 27.0. The molecule has 200 valence electrons. The first-order valence-corrected chi connectivity index (χ1v) is 13.9. The lowest BCUT2D eigenvalue weighted by atomic mass is 9.57. The minimum absolute atomic E-state index is 0.0196. The minimum Gasteiger partial charge on any atom is -0.488 e. The molecule has 0 bridgehead atoms. The van der Waals surface area contributed by atoms with E-state index in [9.17, 15) is 15.0 Å². The molecule has 2 aliphatic carbocycles. The number of fused-ring (bicyclic) bond motifs is 2. The van der Waals surface area contributed by atoms with Gasteiger partial charge in [0, 0.05) is 33.5 Å². The standard InChI is InChI=1S/C31H40ClNO4/c1-19-7-8-20(15-23(19)26(34)35)17-33-25-12-14-29(4,32)18-30(25,5)31(6,27(33)36)22-9-10-24-21(16-22)11-13-28(2,3)37-24/h8-10,12,15-16,19,27,36H,7,11,13-14,17-18H2,1-6H3,(H,34,35)/t19?,27?,29?,30?,31-/m1/s1. The number of carbonyl (C=O) groups is 1. The number of hydrogen-bond acceptors (Lipinski definition) is 4. The van der Waals surface area contributed by atoms with Crippen LogP contribution < -0.4 is 4.74 Å². The average molecular weight is 526 g/mol. The monoisotopic (exact) mass is 525 g/mol. The van der Waals surface area contributed by atoms with E-state index in [1.165, 1.54) is 5.56 Å². The largest absolute Gasteiger partial charge is 0.488 e. The van der Waals surface area contributed by atoms with Crippen molar-refractivity contribution in [2.24, 2.45) is 11.3 Å². The number of aliphatic carboxylic acids is 1. The minimum atomic E-state index is -0.871. The van der Waals surface area contributed by atoms with Crippen LogP contribution in [0.1, 0.15) is 78.4 Å². The van der Waals surface area contributed by atoms with Crippen LogP contribution >= 0.6 is 11.6 Å². The van der Waals surface area contributed by atoms with Gasteiger partial charge in [-0.15, -0.1) is 11.6 Å². The number of carboxylic acids is 1. The van der Waals surface area contributed by atoms with Gasteiger partial charge in [0.15, 0.2) is 0 Å². The third-order valence-electron chi connectivity index (χ3n) is 9.52. The highest BCUT2D eigenvalue weighted by Gasteiger charge is 2.64. The number of ether oxygens (including phenoxy) is 1. The fraction of sp³-hybridized carbons (Fsp3) is 0.581. The number of aryl methyl sites for hydroxylation is 1. The maximum Gasteiger partial charge on any atom is 0.331 e. The normalized spacial score (nSPS) is 36.5. The Bertz CT molecular complexity index is 1230. The second kappa shape index (κ2) is 8.64. The molecule has 2 N–H and O–H groups in total. The number of benzene rings is 1. The highest BCUT2D eigenvalue weighted by atomic mass is 35.5. The summed E-state index contributed by atoms with van der Waals surface area (Å²) in [5.41, 5.74) is 3.51. The lowest BCUT2D eigenvalue weighted by Crippen LogP contribution is -2.49. The van der Waals surface area contributed by atoms with Crippen molar-refractivity contribution in [2.75, 3.05) is 6.54 Å². The van der Waals surface area contributed by atoms with Crippen molar-refractivity contribution in [3.8, 4) is 5.75 Å². The van der Waals surface area contributed by atoms with E-state index >= 15 is 0 Å². The predicted molar refractivity (Wildman–Crippen MR) is 147 cm³/mol. The molecular formula is C31H40ClNO4. The molecule has 0 radical (unpaired) electrons. The quantitative estimate of drug-likeness (QED) is 0.449. The van der Waals surface area contributed by atoms with E-state index in [1.807, 2.05) is 6.92 Å². The Kier molecular flexibility index (Phi) is 6.16. The third kappa shape index (κ3) is 4.23. The van der Waals surface area contributed by atoms with Gasteiger partial charge in [-0.05, 0) is 87.6 Å². The Labute approximate surface area is 225 Å². The first-order chi connectivity index (χ1) is 17.2. The summed E-state index contributed by atoms with van der Waals surface area (Å²) < 4.78 is 6.25. The van der Waals surface area contributed by atoms with Gasteiger partial charge < -0.3 is 19.8 Å². The summed E-state index contributed by atoms with van der Waals surface area (Å²) in [6.07, 6.45) is 9.33. The van der Waals surface area contributed by atoms with Crippen LogP contribution in [0.2, 0.25) is 0 Å². The van der Waals surface area contributed by atoms with E-state index in [-0.39, 0.29) is 11.5 Å². The van der Waals surface area contributed by atoms with Gasteiger partial charge in [0.2, 0.25) is 0 Å². The van der Waals surface area contributed by atoms with Crippen LogP contribution in [0.25, 0.3) is 0 Å². The van der Waals surface area contributed by atoms with E-state index in [4.69, 9.17) is 16.3 Å². The number of hydrogen-bond donors (Lipinski definition) is 2. The molecule has 0 amide bonds. The SMILES string of the molecule is CC1CC=C(CN2C3=CCC(C)(Cl)CC3(C)[C@](C)(c3ccc4c(c3)CCC(C)(C)O4)C2O)C=C1C(=O)O. The topological polar surface area (TPSA) is 70.0 Å². The molecule has 4 aliphatic rings. The smallest absolute Gasteiger partial charge is 0.331 e. The zero-order valence-corrected chi connectivity index (χ0v) is 23.7. The number of rotatable bonds is 4. The molecule has 0 aromatic heterocycles. The Balaban J connectivity index is 1.57. The number of carboxylic acid groups (broad SMARTS) is 1. The molecule has 0 saturated carbocycles. The van der Waals surface area contributed by atoms with Crippen molar-refractivity contribution in [3.05, 3.63) is 64.4 Å². The first kappa shape index (κ1) is 26.4. The molecule has 0 spiro atoms. The van der Waals surface area contributed by atoms with E-state index in [2.05, 4.69) is 69.9 Å². The summed E-state index contributed by atoms with van der Waals surface area (Å²) in [5, 5.41) is 21.8. The average Bonchev–Trinajstić information content (AvgIpc) is 2.96. The Morgan fingerprint density at radius 2 is 1.92 bits per heavy atom. The number of alkyl halides is 1. The molecule has 37 heavy (non-hydrogen) atoms. The van der Waals surface area contributed by atoms with Crippen molar-refractivity contribution < 1.29 is 19.7 Å². The summed E-state index contributed by atoms with van der Waals surface area (Å²) in [7, 11) is 0. The summed E-state index contributed by atoms with van der Waals surface area (Å²) >= 11 is 7.00. The van der Waals surface area contributed by atoms with Crippen LogP contribution in [0.3, 0.4) is 0 Å². The molecule has 1 saturated heterocycles. The van der Waals surface area contributed by atoms with Crippen LogP contribution in [-0.2, 0) is 16.6 Å². The molecule has 1 aromatic rings. The Morgan fingerprint density at radius 3 is 2.62 bits per heavy atom. The molecule has 5 nitrogen and oxygen atoms in total. The molecular weight excluding hydrogens is 486 g/mol. The number of allylic oxidation sites excluding steroid dienone is 3. The maximum absolute atomic E-state index is 12.1. The van der Waals surface area contributed by atoms with E-state index in [0.29, 0.717) is 18.5 Å². The van der Waals surface area contributed by atoms with Crippen molar-refractivity contribution in [3.63, 3.8) is 0 Å². The lowest BCUT2D eigenvalue weighted by Gasteiger charge is -2.47. The molecule has 5 rings (SSSR count). The molecule has 1 aromatic carbocycles. The fourth-order valence-electron chi connectivity index (χ4n) is 7.10. The summed E-state index contributed by atoms with van der Waals surface area (Å²) in [6.45, 7) is 13.1. The van der Waals surface area contributed by atoms with Crippen LogP contribution in [0.5, 0.6) is 5.75 Å². The van der Waals surface area contributed by atoms with E-state index in [1.54, 1.807) is 6.08 Å². The van der Waals surface area contributed by atoms with Gasteiger partial charge in [-0.2, -0.15) is 0 Å². The second-order valence-electron chi connectivity index (χ2n) is 12.9. The van der Waals surface area contributed by atoms with Gasteiger partial charge in [-0.25, -0.2) is 4.79 Å². The highest BCUT2D eigenvalue weighted by Crippen LogP contribution is 2.63. The number of halogens is 1. The lowest BCUT2D eigenvalue weighted by molar-refractivity contribution is -0.133. The molecule has 1 fully saturated rings. The number of likely N-dealkylation sites (tertiary alicyclic amines) is 1. The van der Waals surface area contributed by atoms with Gasteiger partial charge >= 0.3 is 5.97 Å². The van der Waals surface area contributed by atoms with Gasteiger partial charge in [0.25, 0.3) is 0 Å². The van der Waals surface area contributed by atoms with Crippen LogP contribution in [-0.4, -0.2) is 44.3 Å². The van der Waals surface area contributed by atoms with Crippen LogP contribution in [0.4, 0.5) is 0 Å². The van der Waals surface area contributed by atoms with Gasteiger partial charge in [0.05, 0.1) is 0 Å². The van der Waals surface area contributed by atoms with Crippen molar-refractivity contribution in [1.82, 2.24) is 4.90 Å². The van der Waals surface area contributed by atoms with Crippen LogP contribution in [0.15, 0.2) is 53.3 Å². The first-order valence-electron chi connectivity index (χ1n) is 13.5. The summed E-state index contributed by atoms with van der Waals surface area (Å²) in [4.78, 5) is 13.5. The zero-order valence-electron chi connectivity index (χ0n) is 22.9. The molecule has 6 heteroatoms. The Hall–Kier alpha value is -2.24. The predicted octanol–water partition coefficient (Wildman–Crippen LogP) is 6.34. The number of aliphatic hydroxyl groups excluding tert-OH is 1. The van der Waals surface area contributed by atoms with E-state index < -0.39 is 27.9 Å². The molecule has 4 unspecified atom stereocenters. The van der Waals surface area contributed by atoms with E-state index in [0.717, 1.165) is 48.3 Å². The molecule has 5 atom stereocenters.